The third-order valence-electron chi connectivity index (χ3n) is 5.22. The minimum atomic E-state index is -0.406. The van der Waals surface area contributed by atoms with Gasteiger partial charge >= 0.3 is 0 Å². The number of anilines is 1. The normalized spacial score (nSPS) is 11.2. The minimum Gasteiger partial charge on any atom is -1.00 e. The maximum absolute atomic E-state index is 13.0. The molecule has 0 radical (unpaired) electrons. The third-order valence-corrected chi connectivity index (χ3v) is 5.22. The lowest BCUT2D eigenvalue weighted by atomic mass is 10.00. The number of benzene rings is 3. The van der Waals surface area contributed by atoms with E-state index in [1.807, 2.05) is 103 Å². The number of halogens is 1. The fourth-order valence-corrected chi connectivity index (χ4v) is 3.43. The molecule has 1 N–H and O–H groups in total. The Morgan fingerprint density at radius 3 is 1.97 bits per heavy atom. The van der Waals surface area contributed by atoms with Crippen LogP contribution in [0.1, 0.15) is 33.7 Å². The van der Waals surface area contributed by atoms with Crippen molar-refractivity contribution in [2.75, 3.05) is 5.32 Å². The van der Waals surface area contributed by atoms with Crippen LogP contribution in [0.25, 0.3) is 11.1 Å². The first-order valence-electron chi connectivity index (χ1n) is 10.2. The van der Waals surface area contributed by atoms with Crippen molar-refractivity contribution in [2.24, 2.45) is 0 Å². The topological polar surface area (TPSA) is 50.0 Å². The smallest absolute Gasteiger partial charge is 0.255 e. The van der Waals surface area contributed by atoms with Crippen LogP contribution < -0.4 is 26.9 Å². The standard InChI is InChI=1S/C27H22N2O2.BrH/c1-20(26(30)23-16-14-22(15-17-23)21-9-4-2-5-10-21)29-18-8-13-25(19-29)28-27(31)24-11-6-3-7-12-24;/h2-20H,1H3;1H. The minimum absolute atomic E-state index is 0. The van der Waals surface area contributed by atoms with Gasteiger partial charge in [-0.2, -0.15) is 4.57 Å². The van der Waals surface area contributed by atoms with Gasteiger partial charge in [0.2, 0.25) is 11.8 Å². The zero-order chi connectivity index (χ0) is 21.6. The Bertz CT molecular complexity index is 1190. The highest BCUT2D eigenvalue weighted by atomic mass is 79.9. The Morgan fingerprint density at radius 1 is 0.719 bits per heavy atom. The van der Waals surface area contributed by atoms with Crippen molar-refractivity contribution in [3.8, 4) is 11.1 Å². The molecule has 5 heteroatoms. The van der Waals surface area contributed by atoms with Gasteiger partial charge < -0.3 is 22.3 Å². The van der Waals surface area contributed by atoms with Gasteiger partial charge in [0.25, 0.3) is 5.91 Å². The molecule has 0 fully saturated rings. The maximum atomic E-state index is 13.0. The summed E-state index contributed by atoms with van der Waals surface area (Å²) < 4.78 is 1.81. The molecule has 1 amide bonds. The summed E-state index contributed by atoms with van der Waals surface area (Å²) in [6, 6.07) is 30.0. The summed E-state index contributed by atoms with van der Waals surface area (Å²) >= 11 is 0. The lowest BCUT2D eigenvalue weighted by molar-refractivity contribution is -0.704. The summed E-state index contributed by atoms with van der Waals surface area (Å²) in [7, 11) is 0. The van der Waals surface area contributed by atoms with Gasteiger partial charge in [0, 0.05) is 24.1 Å². The predicted molar refractivity (Wildman–Crippen MR) is 122 cm³/mol. The molecule has 0 saturated heterocycles. The molecule has 0 saturated carbocycles. The molecule has 0 aliphatic heterocycles. The van der Waals surface area contributed by atoms with E-state index in [4.69, 9.17) is 0 Å². The number of amides is 1. The van der Waals surface area contributed by atoms with Crippen LogP contribution in [0.2, 0.25) is 0 Å². The highest BCUT2D eigenvalue weighted by molar-refractivity contribution is 6.04. The first kappa shape index (κ1) is 23.1. The lowest BCUT2D eigenvalue weighted by Gasteiger charge is -2.09. The Balaban J connectivity index is 0.00000289. The van der Waals surface area contributed by atoms with Gasteiger partial charge in [0.05, 0.1) is 0 Å². The molecule has 3 aromatic carbocycles. The van der Waals surface area contributed by atoms with Crippen molar-refractivity contribution < 1.29 is 31.1 Å². The second-order valence-electron chi connectivity index (χ2n) is 7.34. The van der Waals surface area contributed by atoms with Crippen molar-refractivity contribution in [1.82, 2.24) is 0 Å². The molecule has 4 rings (SSSR count). The summed E-state index contributed by atoms with van der Waals surface area (Å²) in [5.74, 6) is -0.176. The van der Waals surface area contributed by atoms with E-state index in [-0.39, 0.29) is 28.7 Å². The van der Waals surface area contributed by atoms with Gasteiger partial charge in [0.1, 0.15) is 5.69 Å². The van der Waals surface area contributed by atoms with E-state index in [0.717, 1.165) is 11.1 Å². The van der Waals surface area contributed by atoms with E-state index in [2.05, 4.69) is 5.32 Å². The van der Waals surface area contributed by atoms with Crippen molar-refractivity contribution in [2.45, 2.75) is 13.0 Å². The number of rotatable bonds is 6. The third kappa shape index (κ3) is 5.37. The van der Waals surface area contributed by atoms with Gasteiger partial charge in [0.15, 0.2) is 12.4 Å². The number of pyridine rings is 1. The van der Waals surface area contributed by atoms with E-state index in [1.54, 1.807) is 18.3 Å². The average Bonchev–Trinajstić information content (AvgIpc) is 2.84. The summed E-state index contributed by atoms with van der Waals surface area (Å²) in [5, 5.41) is 2.89. The molecule has 4 aromatic rings. The molecular weight excluding hydrogens is 464 g/mol. The SMILES string of the molecule is CC(C(=O)c1ccc(-c2ccccc2)cc1)[n+]1cccc(NC(=O)c2ccccc2)c1.[Br-]. The van der Waals surface area contributed by atoms with Crippen LogP contribution in [-0.4, -0.2) is 11.7 Å². The van der Waals surface area contributed by atoms with E-state index >= 15 is 0 Å². The quantitative estimate of drug-likeness (QED) is 0.336. The molecular formula is C27H23BrN2O2. The van der Waals surface area contributed by atoms with Gasteiger partial charge in [-0.1, -0.05) is 72.8 Å². The molecule has 1 atom stereocenters. The first-order chi connectivity index (χ1) is 15.1. The summed E-state index contributed by atoms with van der Waals surface area (Å²) in [6.45, 7) is 1.86. The summed E-state index contributed by atoms with van der Waals surface area (Å²) in [5.41, 5.74) is 4.06. The Hall–Kier alpha value is -3.57. The van der Waals surface area contributed by atoms with Crippen LogP contribution in [0.4, 0.5) is 5.69 Å². The Labute approximate surface area is 198 Å². The van der Waals surface area contributed by atoms with E-state index in [0.29, 0.717) is 16.8 Å². The molecule has 32 heavy (non-hydrogen) atoms. The highest BCUT2D eigenvalue weighted by Gasteiger charge is 2.24. The van der Waals surface area contributed by atoms with Gasteiger partial charge in [-0.25, -0.2) is 0 Å². The number of ketones is 1. The first-order valence-corrected chi connectivity index (χ1v) is 10.2. The molecule has 4 nitrogen and oxygen atoms in total. The zero-order valence-corrected chi connectivity index (χ0v) is 19.2. The molecule has 160 valence electrons. The fraction of sp³-hybridized carbons (Fsp3) is 0.0741. The van der Waals surface area contributed by atoms with Crippen LogP contribution in [0.3, 0.4) is 0 Å². The number of hydrogen-bond donors (Lipinski definition) is 1. The number of nitrogens with one attached hydrogen (secondary N) is 1. The molecule has 0 bridgehead atoms. The number of carbonyl (C=O) groups excluding carboxylic acids is 2. The predicted octanol–water partition coefficient (Wildman–Crippen LogP) is 2.34. The van der Waals surface area contributed by atoms with Crippen molar-refractivity contribution >= 4 is 17.4 Å². The number of nitrogens with zero attached hydrogens (tertiary/aromatic N) is 1. The van der Waals surface area contributed by atoms with Crippen LogP contribution in [0, 0.1) is 0 Å². The van der Waals surface area contributed by atoms with Crippen LogP contribution in [0.5, 0.6) is 0 Å². The molecule has 0 aliphatic rings. The van der Waals surface area contributed by atoms with Crippen molar-refractivity contribution in [1.29, 1.82) is 0 Å². The summed E-state index contributed by atoms with van der Waals surface area (Å²) in [6.07, 6.45) is 3.61. The molecule has 0 spiro atoms. The van der Waals surface area contributed by atoms with Gasteiger partial charge in [-0.05, 0) is 29.3 Å². The highest BCUT2D eigenvalue weighted by Crippen LogP contribution is 2.20. The largest absolute Gasteiger partial charge is 1.00 e. The van der Waals surface area contributed by atoms with Crippen LogP contribution >= 0.6 is 0 Å². The molecule has 1 unspecified atom stereocenters. The van der Waals surface area contributed by atoms with E-state index in [9.17, 15) is 9.59 Å². The Kier molecular flexibility index (Phi) is 7.68. The second-order valence-corrected chi connectivity index (χ2v) is 7.34. The van der Waals surface area contributed by atoms with E-state index < -0.39 is 6.04 Å². The summed E-state index contributed by atoms with van der Waals surface area (Å²) in [4.78, 5) is 25.5. The monoisotopic (exact) mass is 486 g/mol. The lowest BCUT2D eigenvalue weighted by Crippen LogP contribution is -3.00. The second kappa shape index (κ2) is 10.6. The van der Waals surface area contributed by atoms with Gasteiger partial charge in [-0.15, -0.1) is 0 Å². The number of aromatic nitrogens is 1. The zero-order valence-electron chi connectivity index (χ0n) is 17.6. The molecule has 0 aliphatic carbocycles. The number of Topliss-reactive ketones (excluding diaryl/α,β-unsaturated/α-hetero) is 1. The van der Waals surface area contributed by atoms with Crippen molar-refractivity contribution in [3.05, 3.63) is 121 Å². The Morgan fingerprint density at radius 2 is 1.31 bits per heavy atom. The maximum Gasteiger partial charge on any atom is 0.255 e. The number of carbonyl (C=O) groups is 2. The van der Waals surface area contributed by atoms with Crippen LogP contribution in [0.15, 0.2) is 109 Å². The van der Waals surface area contributed by atoms with Crippen LogP contribution in [-0.2, 0) is 0 Å². The molecule has 1 heterocycles. The van der Waals surface area contributed by atoms with E-state index in [1.165, 1.54) is 0 Å². The van der Waals surface area contributed by atoms with Gasteiger partial charge in [-0.3, -0.25) is 9.59 Å². The number of hydrogen-bond acceptors (Lipinski definition) is 2. The molecule has 1 aromatic heterocycles. The fourth-order valence-electron chi connectivity index (χ4n) is 3.43. The average molecular weight is 487 g/mol. The van der Waals surface area contributed by atoms with Crippen molar-refractivity contribution in [3.63, 3.8) is 0 Å².